The second-order valence-electron chi connectivity index (χ2n) is 4.16. The molecule has 0 aromatic carbocycles. The molecule has 1 rings (SSSR count). The molecular formula is C12H20N2OS. The van der Waals surface area contributed by atoms with E-state index >= 15 is 0 Å². The predicted octanol–water partition coefficient (Wildman–Crippen LogP) is 2.38. The maximum atomic E-state index is 12.4. The van der Waals surface area contributed by atoms with Gasteiger partial charge in [-0.2, -0.15) is 0 Å². The molecule has 0 aliphatic rings. The van der Waals surface area contributed by atoms with Gasteiger partial charge in [0.15, 0.2) is 5.78 Å². The minimum absolute atomic E-state index is 0.275. The van der Waals surface area contributed by atoms with Crippen molar-refractivity contribution in [2.24, 2.45) is 0 Å². The summed E-state index contributed by atoms with van der Waals surface area (Å²) in [6.07, 6.45) is 3.90. The number of carbonyl (C=O) groups excluding carboxylic acids is 1. The summed E-state index contributed by atoms with van der Waals surface area (Å²) in [4.78, 5) is 18.6. The second-order valence-corrected chi connectivity index (χ2v) is 5.14. The third-order valence-corrected chi connectivity index (χ3v) is 4.12. The molecule has 0 aliphatic heterocycles. The fourth-order valence-corrected chi connectivity index (χ4v) is 2.78. The zero-order chi connectivity index (χ0) is 12.2. The quantitative estimate of drug-likeness (QED) is 0.765. The molecule has 0 unspecified atom stereocenters. The highest BCUT2D eigenvalue weighted by Crippen LogP contribution is 2.24. The molecule has 0 radical (unpaired) electrons. The third-order valence-electron chi connectivity index (χ3n) is 3.34. The van der Waals surface area contributed by atoms with Crippen molar-refractivity contribution in [3.8, 4) is 0 Å². The van der Waals surface area contributed by atoms with E-state index in [0.29, 0.717) is 6.42 Å². The number of ketones is 1. The first-order chi connectivity index (χ1) is 7.56. The first-order valence-corrected chi connectivity index (χ1v) is 6.54. The highest BCUT2D eigenvalue weighted by Gasteiger charge is 2.36. The van der Waals surface area contributed by atoms with Crippen LogP contribution in [0.4, 0.5) is 0 Å². The molecule has 0 atom stereocenters. The third kappa shape index (κ3) is 2.50. The monoisotopic (exact) mass is 240 g/mol. The molecule has 0 aliphatic carbocycles. The largest absolute Gasteiger partial charge is 0.297 e. The zero-order valence-corrected chi connectivity index (χ0v) is 11.3. The lowest BCUT2D eigenvalue weighted by Crippen LogP contribution is -2.50. The lowest BCUT2D eigenvalue weighted by molar-refractivity contribution is -0.129. The van der Waals surface area contributed by atoms with E-state index in [0.717, 1.165) is 17.8 Å². The van der Waals surface area contributed by atoms with E-state index in [4.69, 9.17) is 0 Å². The molecule has 0 spiro atoms. The van der Waals surface area contributed by atoms with E-state index in [1.165, 1.54) is 0 Å². The Hall–Kier alpha value is -0.740. The van der Waals surface area contributed by atoms with Gasteiger partial charge in [-0.3, -0.25) is 9.69 Å². The van der Waals surface area contributed by atoms with Crippen LogP contribution in [-0.4, -0.2) is 35.3 Å². The average molecular weight is 240 g/mol. The summed E-state index contributed by atoms with van der Waals surface area (Å²) < 4.78 is 0. The minimum atomic E-state index is -0.328. The number of likely N-dealkylation sites (N-methyl/N-ethyl adjacent to an activating group) is 1. The molecule has 3 nitrogen and oxygen atoms in total. The van der Waals surface area contributed by atoms with Crippen molar-refractivity contribution in [2.45, 2.75) is 38.6 Å². The predicted molar refractivity (Wildman–Crippen MR) is 67.8 cm³/mol. The standard InChI is InChI=1S/C12H20N2OS/c1-5-12(6-2,14(3)4)10(15)9-11-13-7-8-16-11/h7-8H,5-6,9H2,1-4H3. The summed E-state index contributed by atoms with van der Waals surface area (Å²) in [5, 5.41) is 2.83. The smallest absolute Gasteiger partial charge is 0.159 e. The number of thiazole rings is 1. The van der Waals surface area contributed by atoms with Crippen LogP contribution in [0.2, 0.25) is 0 Å². The van der Waals surface area contributed by atoms with Crippen LogP contribution in [-0.2, 0) is 11.2 Å². The van der Waals surface area contributed by atoms with Crippen LogP contribution in [0, 0.1) is 0 Å². The summed E-state index contributed by atoms with van der Waals surface area (Å²) >= 11 is 1.55. The van der Waals surface area contributed by atoms with Gasteiger partial charge in [0, 0.05) is 11.6 Å². The van der Waals surface area contributed by atoms with Crippen molar-refractivity contribution in [1.82, 2.24) is 9.88 Å². The number of aromatic nitrogens is 1. The van der Waals surface area contributed by atoms with Crippen molar-refractivity contribution >= 4 is 17.1 Å². The van der Waals surface area contributed by atoms with Gasteiger partial charge in [0.2, 0.25) is 0 Å². The Bertz CT molecular complexity index is 329. The Morgan fingerprint density at radius 3 is 2.44 bits per heavy atom. The van der Waals surface area contributed by atoms with Crippen LogP contribution in [0.25, 0.3) is 0 Å². The van der Waals surface area contributed by atoms with Crippen molar-refractivity contribution < 1.29 is 4.79 Å². The zero-order valence-electron chi connectivity index (χ0n) is 10.5. The molecular weight excluding hydrogens is 220 g/mol. The van der Waals surface area contributed by atoms with Crippen LogP contribution in [0.1, 0.15) is 31.7 Å². The van der Waals surface area contributed by atoms with E-state index in [9.17, 15) is 4.79 Å². The molecule has 0 saturated carbocycles. The summed E-state index contributed by atoms with van der Waals surface area (Å²) in [5.41, 5.74) is -0.328. The lowest BCUT2D eigenvalue weighted by Gasteiger charge is -2.36. The second kappa shape index (κ2) is 5.55. The number of carbonyl (C=O) groups is 1. The normalized spacial score (nSPS) is 12.1. The summed E-state index contributed by atoms with van der Waals surface area (Å²) in [6.45, 7) is 4.15. The fraction of sp³-hybridized carbons (Fsp3) is 0.667. The van der Waals surface area contributed by atoms with Gasteiger partial charge in [-0.25, -0.2) is 4.98 Å². The van der Waals surface area contributed by atoms with Crippen molar-refractivity contribution in [3.05, 3.63) is 16.6 Å². The Kier molecular flexibility index (Phi) is 4.62. The highest BCUT2D eigenvalue weighted by atomic mass is 32.1. The summed E-state index contributed by atoms with van der Waals surface area (Å²) in [5.74, 6) is 0.275. The topological polar surface area (TPSA) is 33.2 Å². The molecule has 1 heterocycles. The number of nitrogens with zero attached hydrogens (tertiary/aromatic N) is 2. The molecule has 16 heavy (non-hydrogen) atoms. The van der Waals surface area contributed by atoms with Gasteiger partial charge in [-0.15, -0.1) is 11.3 Å². The molecule has 1 aromatic heterocycles. The molecule has 90 valence electrons. The van der Waals surface area contributed by atoms with Gasteiger partial charge in [-0.1, -0.05) is 13.8 Å². The SMILES string of the molecule is CCC(CC)(C(=O)Cc1nccs1)N(C)C. The van der Waals surface area contributed by atoms with E-state index < -0.39 is 0 Å². The molecule has 0 saturated heterocycles. The minimum Gasteiger partial charge on any atom is -0.297 e. The Morgan fingerprint density at radius 1 is 1.44 bits per heavy atom. The first-order valence-electron chi connectivity index (χ1n) is 5.66. The summed E-state index contributed by atoms with van der Waals surface area (Å²) in [7, 11) is 3.96. The maximum absolute atomic E-state index is 12.4. The van der Waals surface area contributed by atoms with Gasteiger partial charge in [0.05, 0.1) is 17.0 Å². The first kappa shape index (κ1) is 13.3. The van der Waals surface area contributed by atoms with Crippen molar-refractivity contribution in [3.63, 3.8) is 0 Å². The van der Waals surface area contributed by atoms with E-state index in [-0.39, 0.29) is 11.3 Å². The lowest BCUT2D eigenvalue weighted by atomic mass is 9.85. The van der Waals surface area contributed by atoms with E-state index in [1.54, 1.807) is 17.5 Å². The van der Waals surface area contributed by atoms with Crippen molar-refractivity contribution in [2.75, 3.05) is 14.1 Å². The molecule has 0 amide bonds. The van der Waals surface area contributed by atoms with Gasteiger partial charge >= 0.3 is 0 Å². The number of rotatable bonds is 6. The summed E-state index contributed by atoms with van der Waals surface area (Å²) in [6, 6.07) is 0. The van der Waals surface area contributed by atoms with Crippen LogP contribution in [0.3, 0.4) is 0 Å². The number of hydrogen-bond acceptors (Lipinski definition) is 4. The molecule has 4 heteroatoms. The van der Waals surface area contributed by atoms with Gasteiger partial charge in [-0.05, 0) is 26.9 Å². The number of hydrogen-bond donors (Lipinski definition) is 0. The molecule has 0 N–H and O–H groups in total. The fourth-order valence-electron chi connectivity index (χ4n) is 2.17. The highest BCUT2D eigenvalue weighted by molar-refractivity contribution is 7.09. The molecule has 1 aromatic rings. The average Bonchev–Trinajstić information content (AvgIpc) is 2.72. The maximum Gasteiger partial charge on any atom is 0.159 e. The van der Waals surface area contributed by atoms with Crippen LogP contribution in [0.5, 0.6) is 0 Å². The van der Waals surface area contributed by atoms with Crippen LogP contribution < -0.4 is 0 Å². The van der Waals surface area contributed by atoms with Gasteiger partial charge < -0.3 is 0 Å². The Balaban J connectivity index is 2.83. The Morgan fingerprint density at radius 2 is 2.06 bits per heavy atom. The van der Waals surface area contributed by atoms with E-state index in [1.807, 2.05) is 24.4 Å². The Labute approximate surface area is 101 Å². The van der Waals surface area contributed by atoms with Crippen molar-refractivity contribution in [1.29, 1.82) is 0 Å². The van der Waals surface area contributed by atoms with Gasteiger partial charge in [0.25, 0.3) is 0 Å². The van der Waals surface area contributed by atoms with Gasteiger partial charge in [0.1, 0.15) is 0 Å². The molecule has 0 bridgehead atoms. The van der Waals surface area contributed by atoms with Crippen LogP contribution >= 0.6 is 11.3 Å². The number of Topliss-reactive ketones (excluding diaryl/α,β-unsaturated/α-hetero) is 1. The van der Waals surface area contributed by atoms with E-state index in [2.05, 4.69) is 18.8 Å². The molecule has 0 fully saturated rings. The van der Waals surface area contributed by atoms with Crippen LogP contribution in [0.15, 0.2) is 11.6 Å².